The number of rotatable bonds is 6. The first kappa shape index (κ1) is 16.5. The first-order valence-electron chi connectivity index (χ1n) is 7.02. The Balaban J connectivity index is 1.93. The lowest BCUT2D eigenvalue weighted by Gasteiger charge is -2.23. The average Bonchev–Trinajstić information content (AvgIpc) is 3.00. The van der Waals surface area contributed by atoms with Gasteiger partial charge in [0, 0.05) is 35.7 Å². The zero-order valence-electron chi connectivity index (χ0n) is 13.1. The fraction of sp³-hybridized carbons (Fsp3) is 0.375. The normalized spacial score (nSPS) is 11.2. The fourth-order valence-corrected chi connectivity index (χ4v) is 2.61. The molecule has 2 N–H and O–H groups in total. The molecule has 118 valence electrons. The Morgan fingerprint density at radius 3 is 2.91 bits per heavy atom. The molecule has 0 unspecified atom stereocenters. The number of nitrogens with one attached hydrogen (secondary N) is 2. The molecule has 2 rings (SSSR count). The van der Waals surface area contributed by atoms with E-state index in [1.165, 1.54) is 0 Å². The van der Waals surface area contributed by atoms with Gasteiger partial charge >= 0.3 is 6.03 Å². The second kappa shape index (κ2) is 7.38. The summed E-state index contributed by atoms with van der Waals surface area (Å²) < 4.78 is 5.14. The van der Waals surface area contributed by atoms with Gasteiger partial charge in [-0.05, 0) is 12.1 Å². The van der Waals surface area contributed by atoms with Crippen LogP contribution in [0.3, 0.4) is 0 Å². The zero-order chi connectivity index (χ0) is 16.0. The number of urea groups is 1. The number of anilines is 1. The quantitative estimate of drug-likeness (QED) is 0.855. The molecule has 6 heteroatoms. The van der Waals surface area contributed by atoms with Crippen molar-refractivity contribution >= 4 is 23.1 Å². The van der Waals surface area contributed by atoms with Crippen LogP contribution in [-0.4, -0.2) is 31.3 Å². The molecule has 2 aromatic rings. The van der Waals surface area contributed by atoms with Crippen LogP contribution in [0.5, 0.6) is 0 Å². The minimum Gasteiger partial charge on any atom is -0.384 e. The molecule has 22 heavy (non-hydrogen) atoms. The fourth-order valence-electron chi connectivity index (χ4n) is 2.05. The van der Waals surface area contributed by atoms with Crippen molar-refractivity contribution in [2.45, 2.75) is 13.8 Å². The van der Waals surface area contributed by atoms with E-state index in [0.717, 1.165) is 16.9 Å². The van der Waals surface area contributed by atoms with Crippen molar-refractivity contribution in [2.24, 2.45) is 5.41 Å². The van der Waals surface area contributed by atoms with Crippen molar-refractivity contribution in [3.05, 3.63) is 35.2 Å². The van der Waals surface area contributed by atoms with Gasteiger partial charge in [0.2, 0.25) is 0 Å². The number of carbonyl (C=O) groups is 1. The lowest BCUT2D eigenvalue weighted by Crippen LogP contribution is -2.38. The predicted molar refractivity (Wildman–Crippen MR) is 90.2 cm³/mol. The maximum absolute atomic E-state index is 12.0. The van der Waals surface area contributed by atoms with Crippen LogP contribution >= 0.6 is 11.3 Å². The summed E-state index contributed by atoms with van der Waals surface area (Å²) in [7, 11) is 1.66. The Kier molecular flexibility index (Phi) is 5.51. The highest BCUT2D eigenvalue weighted by Gasteiger charge is 2.18. The van der Waals surface area contributed by atoms with E-state index in [2.05, 4.69) is 15.6 Å². The maximum Gasteiger partial charge on any atom is 0.319 e. The average molecular weight is 319 g/mol. The highest BCUT2D eigenvalue weighted by atomic mass is 32.1. The second-order valence-electron chi connectivity index (χ2n) is 5.86. The highest BCUT2D eigenvalue weighted by Crippen LogP contribution is 2.22. The van der Waals surface area contributed by atoms with Gasteiger partial charge < -0.3 is 15.4 Å². The van der Waals surface area contributed by atoms with Crippen LogP contribution in [-0.2, 0) is 4.74 Å². The standard InChI is InChI=1S/C16H21N3O2S/c1-16(2,10-21-3)9-17-15(20)19-13-6-4-5-12(7-13)14-8-22-11-18-14/h4-8,11H,9-10H2,1-3H3,(H2,17,19,20). The Labute approximate surface area is 134 Å². The van der Waals surface area contributed by atoms with Crippen LogP contribution in [0.25, 0.3) is 11.3 Å². The molecule has 2 amide bonds. The van der Waals surface area contributed by atoms with E-state index in [1.54, 1.807) is 24.0 Å². The number of thiazole rings is 1. The van der Waals surface area contributed by atoms with Crippen molar-refractivity contribution in [2.75, 3.05) is 25.6 Å². The maximum atomic E-state index is 12.0. The van der Waals surface area contributed by atoms with Crippen molar-refractivity contribution in [3.8, 4) is 11.3 Å². The van der Waals surface area contributed by atoms with Gasteiger partial charge in [0.1, 0.15) is 0 Å². The van der Waals surface area contributed by atoms with Gasteiger partial charge in [0.15, 0.2) is 0 Å². The van der Waals surface area contributed by atoms with E-state index in [-0.39, 0.29) is 11.4 Å². The summed E-state index contributed by atoms with van der Waals surface area (Å²) >= 11 is 1.55. The van der Waals surface area contributed by atoms with E-state index in [9.17, 15) is 4.79 Å². The Bertz CT molecular complexity index is 612. The number of hydrogen-bond acceptors (Lipinski definition) is 4. The second-order valence-corrected chi connectivity index (χ2v) is 6.58. The first-order valence-corrected chi connectivity index (χ1v) is 7.97. The lowest BCUT2D eigenvalue weighted by molar-refractivity contribution is 0.105. The molecule has 0 saturated carbocycles. The van der Waals surface area contributed by atoms with Gasteiger partial charge in [-0.25, -0.2) is 9.78 Å². The number of aromatic nitrogens is 1. The van der Waals surface area contributed by atoms with Gasteiger partial charge in [0.25, 0.3) is 0 Å². The molecular weight excluding hydrogens is 298 g/mol. The van der Waals surface area contributed by atoms with Crippen LogP contribution in [0, 0.1) is 5.41 Å². The Morgan fingerprint density at radius 2 is 2.23 bits per heavy atom. The summed E-state index contributed by atoms with van der Waals surface area (Å²) in [6, 6.07) is 7.42. The number of amides is 2. The molecule has 0 fully saturated rings. The SMILES string of the molecule is COCC(C)(C)CNC(=O)Nc1cccc(-c2cscn2)c1. The topological polar surface area (TPSA) is 63.2 Å². The van der Waals surface area contributed by atoms with Gasteiger partial charge in [-0.3, -0.25) is 0 Å². The summed E-state index contributed by atoms with van der Waals surface area (Å²) in [6.45, 7) is 5.21. The third-order valence-corrected chi connectivity index (χ3v) is 3.70. The number of carbonyl (C=O) groups excluding carboxylic acids is 1. The Morgan fingerprint density at radius 1 is 1.41 bits per heavy atom. The van der Waals surface area contributed by atoms with E-state index in [4.69, 9.17) is 4.74 Å². The van der Waals surface area contributed by atoms with Gasteiger partial charge in [-0.1, -0.05) is 26.0 Å². The number of nitrogens with zero attached hydrogens (tertiary/aromatic N) is 1. The number of hydrogen-bond donors (Lipinski definition) is 2. The monoisotopic (exact) mass is 319 g/mol. The number of ether oxygens (including phenoxy) is 1. The largest absolute Gasteiger partial charge is 0.384 e. The van der Waals surface area contributed by atoms with Crippen LogP contribution in [0.4, 0.5) is 10.5 Å². The third-order valence-electron chi connectivity index (χ3n) is 3.11. The molecule has 1 heterocycles. The summed E-state index contributed by atoms with van der Waals surface area (Å²) in [5, 5.41) is 7.69. The molecule has 0 atom stereocenters. The number of methoxy groups -OCH3 is 1. The van der Waals surface area contributed by atoms with Crippen molar-refractivity contribution in [3.63, 3.8) is 0 Å². The van der Waals surface area contributed by atoms with Crippen LogP contribution in [0.2, 0.25) is 0 Å². The molecule has 0 saturated heterocycles. The smallest absolute Gasteiger partial charge is 0.319 e. The predicted octanol–water partition coefficient (Wildman–Crippen LogP) is 3.60. The molecule has 0 spiro atoms. The lowest BCUT2D eigenvalue weighted by atomic mass is 9.95. The van der Waals surface area contributed by atoms with Gasteiger partial charge in [0.05, 0.1) is 17.8 Å². The summed E-state index contributed by atoms with van der Waals surface area (Å²) in [6.07, 6.45) is 0. The highest BCUT2D eigenvalue weighted by molar-refractivity contribution is 7.07. The van der Waals surface area contributed by atoms with E-state index in [1.807, 2.05) is 43.5 Å². The minimum absolute atomic E-state index is 0.103. The molecule has 0 bridgehead atoms. The van der Waals surface area contributed by atoms with E-state index in [0.29, 0.717) is 13.2 Å². The molecule has 0 aliphatic rings. The Hall–Kier alpha value is -1.92. The third kappa shape index (κ3) is 4.82. The summed E-state index contributed by atoms with van der Waals surface area (Å²) in [5.74, 6) is 0. The van der Waals surface area contributed by atoms with Crippen molar-refractivity contribution in [1.82, 2.24) is 10.3 Å². The van der Waals surface area contributed by atoms with Crippen molar-refractivity contribution in [1.29, 1.82) is 0 Å². The first-order chi connectivity index (χ1) is 10.5. The van der Waals surface area contributed by atoms with Gasteiger partial charge in [-0.15, -0.1) is 11.3 Å². The van der Waals surface area contributed by atoms with Crippen LogP contribution in [0.1, 0.15) is 13.8 Å². The molecule has 1 aromatic heterocycles. The molecular formula is C16H21N3O2S. The summed E-state index contributed by atoms with van der Waals surface area (Å²) in [5.41, 5.74) is 4.33. The zero-order valence-corrected chi connectivity index (χ0v) is 13.9. The molecule has 0 aliphatic carbocycles. The summed E-state index contributed by atoms with van der Waals surface area (Å²) in [4.78, 5) is 16.3. The van der Waals surface area contributed by atoms with Crippen LogP contribution in [0.15, 0.2) is 35.2 Å². The van der Waals surface area contributed by atoms with E-state index < -0.39 is 0 Å². The van der Waals surface area contributed by atoms with Crippen molar-refractivity contribution < 1.29 is 9.53 Å². The minimum atomic E-state index is -0.223. The molecule has 1 aromatic carbocycles. The molecule has 0 radical (unpaired) electrons. The van der Waals surface area contributed by atoms with E-state index >= 15 is 0 Å². The number of benzene rings is 1. The van der Waals surface area contributed by atoms with Gasteiger partial charge in [-0.2, -0.15) is 0 Å². The van der Waals surface area contributed by atoms with Crippen LogP contribution < -0.4 is 10.6 Å². The molecule has 0 aliphatic heterocycles. The molecule has 5 nitrogen and oxygen atoms in total.